The Balaban J connectivity index is 1.75. The lowest BCUT2D eigenvalue weighted by atomic mass is 9.89. The number of carbonyl (C=O) groups excluding carboxylic acids is 2. The monoisotopic (exact) mass is 326 g/mol. The summed E-state index contributed by atoms with van der Waals surface area (Å²) < 4.78 is 6.83. The highest BCUT2D eigenvalue weighted by atomic mass is 32.2. The second-order valence-electron chi connectivity index (χ2n) is 5.34. The third-order valence-electron chi connectivity index (χ3n) is 3.69. The minimum atomic E-state index is -0.276. The second kappa shape index (κ2) is 8.89. The number of amides is 2. The van der Waals surface area contributed by atoms with Crippen LogP contribution in [0.2, 0.25) is 0 Å². The third-order valence-corrected chi connectivity index (χ3v) is 4.67. The number of nitrogens with zero attached hydrogens (tertiary/aromatic N) is 3. The number of methoxy groups -OCH3 is 1. The van der Waals surface area contributed by atoms with Crippen molar-refractivity contribution in [2.45, 2.75) is 43.8 Å². The highest BCUT2D eigenvalue weighted by molar-refractivity contribution is 7.99. The molecule has 22 heavy (non-hydrogen) atoms. The lowest BCUT2D eigenvalue weighted by Crippen LogP contribution is -2.37. The Bertz CT molecular complexity index is 500. The Morgan fingerprint density at radius 2 is 2.18 bits per heavy atom. The molecule has 7 nitrogen and oxygen atoms in total. The second-order valence-corrected chi connectivity index (χ2v) is 6.28. The Morgan fingerprint density at radius 1 is 1.41 bits per heavy atom. The molecule has 0 aromatic carbocycles. The zero-order valence-corrected chi connectivity index (χ0v) is 13.6. The van der Waals surface area contributed by atoms with Crippen molar-refractivity contribution in [1.82, 2.24) is 20.1 Å². The molecular formula is C14H22N4O3S. The van der Waals surface area contributed by atoms with Gasteiger partial charge in [0.05, 0.1) is 12.4 Å². The van der Waals surface area contributed by atoms with Crippen LogP contribution in [0.5, 0.6) is 0 Å². The van der Waals surface area contributed by atoms with Gasteiger partial charge in [0.15, 0.2) is 5.16 Å². The molecule has 8 heteroatoms. The summed E-state index contributed by atoms with van der Waals surface area (Å²) in [4.78, 5) is 23.9. The average Bonchev–Trinajstić information content (AvgIpc) is 2.99. The molecule has 2 amide bonds. The maximum Gasteiger partial charge on any atom is 0.237 e. The first-order valence-electron chi connectivity index (χ1n) is 7.54. The summed E-state index contributed by atoms with van der Waals surface area (Å²) in [6, 6.07) is 0. The number of thioether (sulfide) groups is 1. The Labute approximate surface area is 134 Å². The molecule has 0 saturated heterocycles. The van der Waals surface area contributed by atoms with Crippen molar-refractivity contribution in [2.75, 3.05) is 19.5 Å². The predicted molar refractivity (Wildman–Crippen MR) is 82.3 cm³/mol. The van der Waals surface area contributed by atoms with E-state index in [9.17, 15) is 9.59 Å². The van der Waals surface area contributed by atoms with Gasteiger partial charge >= 0.3 is 0 Å². The van der Waals surface area contributed by atoms with Gasteiger partial charge in [-0.15, -0.1) is 10.2 Å². The van der Waals surface area contributed by atoms with Crippen molar-refractivity contribution in [3.63, 3.8) is 0 Å². The van der Waals surface area contributed by atoms with Gasteiger partial charge in [-0.25, -0.2) is 0 Å². The van der Waals surface area contributed by atoms with E-state index in [1.54, 1.807) is 13.4 Å². The quantitative estimate of drug-likeness (QED) is 0.759. The number of hydrogen-bond donors (Lipinski definition) is 1. The van der Waals surface area contributed by atoms with Crippen molar-refractivity contribution in [2.24, 2.45) is 5.92 Å². The van der Waals surface area contributed by atoms with Gasteiger partial charge < -0.3 is 9.30 Å². The Morgan fingerprint density at radius 3 is 2.91 bits per heavy atom. The summed E-state index contributed by atoms with van der Waals surface area (Å²) >= 11 is 1.27. The number of hydrogen-bond acceptors (Lipinski definition) is 6. The minimum Gasteiger partial charge on any atom is -0.383 e. The van der Waals surface area contributed by atoms with Crippen molar-refractivity contribution in [3.05, 3.63) is 6.33 Å². The van der Waals surface area contributed by atoms with Crippen molar-refractivity contribution < 1.29 is 14.3 Å². The largest absolute Gasteiger partial charge is 0.383 e. The van der Waals surface area contributed by atoms with Crippen LogP contribution in [0.15, 0.2) is 11.5 Å². The molecule has 1 fully saturated rings. The molecule has 1 saturated carbocycles. The molecular weight excluding hydrogens is 304 g/mol. The number of nitrogens with one attached hydrogen (secondary N) is 1. The molecule has 0 atom stereocenters. The molecule has 1 aliphatic rings. The van der Waals surface area contributed by atoms with E-state index in [0.717, 1.165) is 25.7 Å². The van der Waals surface area contributed by atoms with Gasteiger partial charge in [-0.2, -0.15) is 0 Å². The van der Waals surface area contributed by atoms with E-state index in [1.807, 2.05) is 4.57 Å². The molecule has 1 aromatic rings. The summed E-state index contributed by atoms with van der Waals surface area (Å²) in [5, 5.41) is 10.9. The summed E-state index contributed by atoms with van der Waals surface area (Å²) in [5.41, 5.74) is 0. The summed E-state index contributed by atoms with van der Waals surface area (Å²) in [5.74, 6) is -0.259. The number of carbonyl (C=O) groups is 2. The Kier molecular flexibility index (Phi) is 6.85. The molecule has 1 N–H and O–H groups in total. The number of ether oxygens (including phenoxy) is 1. The van der Waals surface area contributed by atoms with E-state index in [-0.39, 0.29) is 23.5 Å². The fraction of sp³-hybridized carbons (Fsp3) is 0.714. The van der Waals surface area contributed by atoms with Crippen LogP contribution >= 0.6 is 11.8 Å². The van der Waals surface area contributed by atoms with Gasteiger partial charge in [-0.3, -0.25) is 14.9 Å². The van der Waals surface area contributed by atoms with Gasteiger partial charge in [-0.1, -0.05) is 31.0 Å². The van der Waals surface area contributed by atoms with Crippen LogP contribution < -0.4 is 5.32 Å². The van der Waals surface area contributed by atoms with E-state index in [4.69, 9.17) is 4.74 Å². The van der Waals surface area contributed by atoms with Gasteiger partial charge in [0.25, 0.3) is 0 Å². The zero-order valence-electron chi connectivity index (χ0n) is 12.8. The zero-order chi connectivity index (χ0) is 15.8. The molecule has 1 heterocycles. The summed E-state index contributed by atoms with van der Waals surface area (Å²) in [6.07, 6.45) is 6.71. The van der Waals surface area contributed by atoms with Crippen LogP contribution in [-0.2, 0) is 20.9 Å². The minimum absolute atomic E-state index is 0.00643. The number of imide groups is 1. The van der Waals surface area contributed by atoms with Gasteiger partial charge in [0, 0.05) is 19.6 Å². The molecule has 1 aliphatic carbocycles. The van der Waals surface area contributed by atoms with E-state index >= 15 is 0 Å². The molecule has 0 bridgehead atoms. The molecule has 0 aliphatic heterocycles. The van der Waals surface area contributed by atoms with Crippen molar-refractivity contribution in [1.29, 1.82) is 0 Å². The topological polar surface area (TPSA) is 86.1 Å². The van der Waals surface area contributed by atoms with E-state index in [2.05, 4.69) is 15.5 Å². The maximum atomic E-state index is 12.0. The molecule has 0 spiro atoms. The highest BCUT2D eigenvalue weighted by Gasteiger charge is 2.22. The molecule has 0 radical (unpaired) electrons. The summed E-state index contributed by atoms with van der Waals surface area (Å²) in [7, 11) is 1.63. The van der Waals surface area contributed by atoms with Gasteiger partial charge in [0.2, 0.25) is 11.8 Å². The average molecular weight is 326 g/mol. The Hall–Kier alpha value is -1.41. The predicted octanol–water partition coefficient (Wildman–Crippen LogP) is 1.24. The first-order chi connectivity index (χ1) is 10.7. The lowest BCUT2D eigenvalue weighted by Gasteiger charge is -2.20. The third kappa shape index (κ3) is 5.10. The first-order valence-corrected chi connectivity index (χ1v) is 8.52. The van der Waals surface area contributed by atoms with Gasteiger partial charge in [-0.05, 0) is 12.8 Å². The maximum absolute atomic E-state index is 12.0. The van der Waals surface area contributed by atoms with Crippen molar-refractivity contribution >= 4 is 23.6 Å². The number of rotatable bonds is 7. The van der Waals surface area contributed by atoms with Crippen LogP contribution in [-0.4, -0.2) is 46.0 Å². The van der Waals surface area contributed by atoms with Crippen LogP contribution in [0.4, 0.5) is 0 Å². The van der Waals surface area contributed by atoms with Crippen LogP contribution in [0.3, 0.4) is 0 Å². The standard InChI is InChI=1S/C14H22N4O3S/c1-21-8-7-18-10-15-17-14(18)22-9-12(19)16-13(20)11-5-3-2-4-6-11/h10-11H,2-9H2,1H3,(H,16,19,20). The fourth-order valence-corrected chi connectivity index (χ4v) is 3.21. The van der Waals surface area contributed by atoms with Crippen LogP contribution in [0.25, 0.3) is 0 Å². The normalized spacial score (nSPS) is 15.7. The lowest BCUT2D eigenvalue weighted by molar-refractivity contribution is -0.132. The first kappa shape index (κ1) is 17.0. The van der Waals surface area contributed by atoms with E-state index in [0.29, 0.717) is 18.3 Å². The van der Waals surface area contributed by atoms with Crippen molar-refractivity contribution in [3.8, 4) is 0 Å². The van der Waals surface area contributed by atoms with Crippen LogP contribution in [0, 0.1) is 5.92 Å². The van der Waals surface area contributed by atoms with Crippen LogP contribution in [0.1, 0.15) is 32.1 Å². The number of aromatic nitrogens is 3. The highest BCUT2D eigenvalue weighted by Crippen LogP contribution is 2.23. The summed E-state index contributed by atoms with van der Waals surface area (Å²) in [6.45, 7) is 1.19. The van der Waals surface area contributed by atoms with Gasteiger partial charge in [0.1, 0.15) is 6.33 Å². The molecule has 0 unspecified atom stereocenters. The van der Waals surface area contributed by atoms with E-state index < -0.39 is 0 Å². The fourth-order valence-electron chi connectivity index (χ4n) is 2.47. The molecule has 122 valence electrons. The molecule has 2 rings (SSSR count). The molecule has 1 aromatic heterocycles. The smallest absolute Gasteiger partial charge is 0.237 e. The SMILES string of the molecule is COCCn1cnnc1SCC(=O)NC(=O)C1CCCCC1. The van der Waals surface area contributed by atoms with E-state index in [1.165, 1.54) is 18.2 Å².